The largest absolute Gasteiger partial charge is 1.00 e. The van der Waals surface area contributed by atoms with Crippen LogP contribution in [0.1, 0.15) is 19.8 Å². The van der Waals surface area contributed by atoms with Crippen molar-refractivity contribution in [2.24, 2.45) is 0 Å². The number of carboxylic acid groups (broad SMARTS) is 2. The summed E-state index contributed by atoms with van der Waals surface area (Å²) >= 11 is 0. The van der Waals surface area contributed by atoms with E-state index in [2.05, 4.69) is 6.92 Å². The molecule has 0 amide bonds. The quantitative estimate of drug-likeness (QED) is 0.412. The number of unbranched alkanes of at least 4 members (excludes halogenated alkanes) is 1. The Balaban J connectivity index is -0.0000000910. The van der Waals surface area contributed by atoms with Crippen LogP contribution in [-0.2, 0) is 0 Å². The van der Waals surface area contributed by atoms with Gasteiger partial charge in [-0.3, -0.25) is 0 Å². The zero-order chi connectivity index (χ0) is 7.70. The fraction of sp³-hybridized carbons (Fsp3) is 0.800. The van der Waals surface area contributed by atoms with Crippen LogP contribution in [-0.4, -0.2) is 23.0 Å². The van der Waals surface area contributed by atoms with Crippen LogP contribution in [0.3, 0.4) is 0 Å². The molecular weight excluding hydrogens is 147 g/mol. The van der Waals surface area contributed by atoms with Crippen LogP contribution < -0.4 is 34.7 Å². The van der Waals surface area contributed by atoms with Crippen molar-refractivity contribution in [3.63, 3.8) is 0 Å². The third-order valence-electron chi connectivity index (χ3n) is 0.512. The summed E-state index contributed by atoms with van der Waals surface area (Å²) in [6.45, 7) is 2.40. The van der Waals surface area contributed by atoms with Gasteiger partial charge in [-0.15, -0.1) is 0 Å². The number of rotatable bonds is 2. The van der Waals surface area contributed by atoms with Crippen LogP contribution in [0.25, 0.3) is 0 Å². The predicted octanol–water partition coefficient (Wildman–Crippen LogP) is -3.33. The minimum Gasteiger partial charge on any atom is -0.565 e. The van der Waals surface area contributed by atoms with E-state index in [4.69, 9.17) is 20.1 Å². The van der Waals surface area contributed by atoms with E-state index in [0.717, 1.165) is 12.8 Å². The van der Waals surface area contributed by atoms with E-state index in [0.29, 0.717) is 6.61 Å². The zero-order valence-electron chi connectivity index (χ0n) is 6.33. The van der Waals surface area contributed by atoms with Crippen LogP contribution in [0, 0.1) is 0 Å². The second-order valence-electron chi connectivity index (χ2n) is 1.34. The van der Waals surface area contributed by atoms with E-state index in [1.807, 2.05) is 0 Å². The van der Waals surface area contributed by atoms with Crippen molar-refractivity contribution < 1.29 is 49.7 Å². The van der Waals surface area contributed by atoms with Gasteiger partial charge < -0.3 is 20.1 Å². The SMILES string of the molecule is CCCCO.O=C([O-])O.[Na+]. The van der Waals surface area contributed by atoms with Gasteiger partial charge in [0.25, 0.3) is 0 Å². The van der Waals surface area contributed by atoms with Gasteiger partial charge in [0.2, 0.25) is 6.16 Å². The molecule has 0 aliphatic rings. The number of aliphatic hydroxyl groups is 1. The van der Waals surface area contributed by atoms with Crippen molar-refractivity contribution >= 4 is 6.16 Å². The fourth-order valence-corrected chi connectivity index (χ4v) is 0.158. The second kappa shape index (κ2) is 16.1. The van der Waals surface area contributed by atoms with Gasteiger partial charge in [0, 0.05) is 6.61 Å². The van der Waals surface area contributed by atoms with E-state index in [-0.39, 0.29) is 29.6 Å². The number of aliphatic hydroxyl groups excluding tert-OH is 1. The van der Waals surface area contributed by atoms with Gasteiger partial charge >= 0.3 is 29.6 Å². The van der Waals surface area contributed by atoms with Crippen LogP contribution in [0.2, 0.25) is 0 Å². The van der Waals surface area contributed by atoms with Crippen molar-refractivity contribution in [3.05, 3.63) is 0 Å². The van der Waals surface area contributed by atoms with Gasteiger partial charge in [0.05, 0.1) is 0 Å². The number of hydrogen-bond acceptors (Lipinski definition) is 3. The first-order chi connectivity index (χ1) is 4.15. The third kappa shape index (κ3) is 86.5. The molecule has 0 aliphatic heterocycles. The molecule has 0 heterocycles. The first-order valence-corrected chi connectivity index (χ1v) is 2.66. The molecule has 10 heavy (non-hydrogen) atoms. The Hall–Kier alpha value is 0.230. The van der Waals surface area contributed by atoms with Crippen molar-refractivity contribution in [2.75, 3.05) is 6.61 Å². The molecular formula is C5H11NaO4. The van der Waals surface area contributed by atoms with Crippen LogP contribution in [0.15, 0.2) is 0 Å². The van der Waals surface area contributed by atoms with Gasteiger partial charge in [-0.25, -0.2) is 0 Å². The minimum atomic E-state index is -2.08. The van der Waals surface area contributed by atoms with Gasteiger partial charge in [-0.1, -0.05) is 13.3 Å². The van der Waals surface area contributed by atoms with Crippen molar-refractivity contribution in [3.8, 4) is 0 Å². The molecule has 56 valence electrons. The molecule has 0 aliphatic carbocycles. The molecule has 0 aromatic rings. The molecule has 0 saturated carbocycles. The smallest absolute Gasteiger partial charge is 0.565 e. The molecule has 0 radical (unpaired) electrons. The molecule has 0 aromatic carbocycles. The van der Waals surface area contributed by atoms with Gasteiger partial charge in [-0.2, -0.15) is 0 Å². The molecule has 0 spiro atoms. The Morgan fingerprint density at radius 1 is 1.60 bits per heavy atom. The molecule has 2 N–H and O–H groups in total. The predicted molar refractivity (Wildman–Crippen MR) is 30.0 cm³/mol. The maximum absolute atomic E-state index is 8.44. The number of carbonyl (C=O) groups is 1. The van der Waals surface area contributed by atoms with E-state index in [1.54, 1.807) is 0 Å². The summed E-state index contributed by atoms with van der Waals surface area (Å²) in [4.78, 5) is 8.44. The average Bonchev–Trinajstić information content (AvgIpc) is 1.66. The third-order valence-corrected chi connectivity index (χ3v) is 0.512. The monoisotopic (exact) mass is 158 g/mol. The maximum atomic E-state index is 8.44. The second-order valence-corrected chi connectivity index (χ2v) is 1.34. The maximum Gasteiger partial charge on any atom is 1.00 e. The Kier molecular flexibility index (Phi) is 26.9. The minimum absolute atomic E-state index is 0. The van der Waals surface area contributed by atoms with E-state index >= 15 is 0 Å². The van der Waals surface area contributed by atoms with Gasteiger partial charge in [-0.05, 0) is 6.42 Å². The summed E-state index contributed by atoms with van der Waals surface area (Å²) in [5.74, 6) is 0. The summed E-state index contributed by atoms with van der Waals surface area (Å²) in [5, 5.41) is 23.4. The van der Waals surface area contributed by atoms with Crippen molar-refractivity contribution in [2.45, 2.75) is 19.8 Å². The molecule has 4 nitrogen and oxygen atoms in total. The Labute approximate surface area is 82.2 Å². The first kappa shape index (κ1) is 16.7. The summed E-state index contributed by atoms with van der Waals surface area (Å²) < 4.78 is 0. The van der Waals surface area contributed by atoms with Crippen LogP contribution >= 0.6 is 0 Å². The topological polar surface area (TPSA) is 80.6 Å². The average molecular weight is 158 g/mol. The molecule has 0 unspecified atom stereocenters. The van der Waals surface area contributed by atoms with Crippen LogP contribution in [0.5, 0.6) is 0 Å². The van der Waals surface area contributed by atoms with Crippen LogP contribution in [0.4, 0.5) is 4.79 Å². The fourth-order valence-electron chi connectivity index (χ4n) is 0.158. The normalized spacial score (nSPS) is 6.60. The van der Waals surface area contributed by atoms with Gasteiger partial charge in [0.15, 0.2) is 0 Å². The summed E-state index contributed by atoms with van der Waals surface area (Å²) in [5.41, 5.74) is 0. The molecule has 0 saturated heterocycles. The van der Waals surface area contributed by atoms with E-state index < -0.39 is 6.16 Å². The van der Waals surface area contributed by atoms with E-state index in [1.165, 1.54) is 0 Å². The first-order valence-electron chi connectivity index (χ1n) is 2.66. The molecule has 0 fully saturated rings. The van der Waals surface area contributed by atoms with Crippen molar-refractivity contribution in [1.82, 2.24) is 0 Å². The summed E-state index contributed by atoms with van der Waals surface area (Å²) in [6, 6.07) is 0. The van der Waals surface area contributed by atoms with Gasteiger partial charge in [0.1, 0.15) is 0 Å². The summed E-state index contributed by atoms with van der Waals surface area (Å²) in [7, 11) is 0. The zero-order valence-corrected chi connectivity index (χ0v) is 8.33. The molecule has 0 aromatic heterocycles. The standard InChI is InChI=1S/C4H10O.CH2O3.Na/c1-2-3-4-5;2-1(3)4;/h5H,2-4H2,1H3;(H2,2,3,4);/q;;+1/p-1. The number of hydrogen-bond donors (Lipinski definition) is 2. The molecule has 5 heteroatoms. The Morgan fingerprint density at radius 2 is 1.90 bits per heavy atom. The molecule has 0 rings (SSSR count). The summed E-state index contributed by atoms with van der Waals surface area (Å²) in [6.07, 6.45) is -0.0451. The van der Waals surface area contributed by atoms with Crippen molar-refractivity contribution in [1.29, 1.82) is 0 Å². The molecule has 0 atom stereocenters. The van der Waals surface area contributed by atoms with E-state index in [9.17, 15) is 0 Å². The Morgan fingerprint density at radius 3 is 1.90 bits per heavy atom. The Bertz CT molecular complexity index is 60.7. The molecule has 0 bridgehead atoms.